The first kappa shape index (κ1) is 15.5. The maximum atomic E-state index is 11.3. The summed E-state index contributed by atoms with van der Waals surface area (Å²) in [6, 6.07) is 3.92. The lowest BCUT2D eigenvalue weighted by Gasteiger charge is -2.24. The lowest BCUT2D eigenvalue weighted by atomic mass is 10.1. The Bertz CT molecular complexity index is 569. The van der Waals surface area contributed by atoms with Crippen LogP contribution in [0.4, 0.5) is 5.69 Å². The topological polar surface area (TPSA) is 101 Å². The van der Waals surface area contributed by atoms with Gasteiger partial charge in [0.1, 0.15) is 0 Å². The van der Waals surface area contributed by atoms with Crippen LogP contribution in [-0.2, 0) is 10.0 Å². The Balaban J connectivity index is 3.37. The van der Waals surface area contributed by atoms with Crippen molar-refractivity contribution in [3.8, 4) is 0 Å². The van der Waals surface area contributed by atoms with Gasteiger partial charge in [-0.15, -0.1) is 0 Å². The van der Waals surface area contributed by atoms with E-state index in [4.69, 9.17) is 5.14 Å². The van der Waals surface area contributed by atoms with Gasteiger partial charge in [0.05, 0.1) is 16.1 Å². The van der Waals surface area contributed by atoms with E-state index in [0.29, 0.717) is 18.8 Å². The van der Waals surface area contributed by atoms with E-state index in [1.807, 2.05) is 18.7 Å². The van der Waals surface area contributed by atoms with Gasteiger partial charge in [0.2, 0.25) is 10.0 Å². The van der Waals surface area contributed by atoms with Crippen LogP contribution in [-0.4, -0.2) is 32.6 Å². The van der Waals surface area contributed by atoms with Crippen LogP contribution in [0.15, 0.2) is 23.1 Å². The van der Waals surface area contributed by atoms with Crippen LogP contribution >= 0.6 is 0 Å². The van der Waals surface area contributed by atoms with Crippen LogP contribution in [0.5, 0.6) is 0 Å². The molecule has 1 rings (SSSR count). The summed E-state index contributed by atoms with van der Waals surface area (Å²) in [6.07, 6.45) is 0.865. The molecule has 3 N–H and O–H groups in total. The van der Waals surface area contributed by atoms with Crippen LogP contribution in [0, 0.1) is 0 Å². The highest BCUT2D eigenvalue weighted by molar-refractivity contribution is 7.89. The van der Waals surface area contributed by atoms with Gasteiger partial charge in [-0.2, -0.15) is 0 Å². The highest BCUT2D eigenvalue weighted by Gasteiger charge is 2.18. The summed E-state index contributed by atoms with van der Waals surface area (Å²) in [5.74, 6) is -1.17. The van der Waals surface area contributed by atoms with Crippen LogP contribution in [0.1, 0.15) is 30.6 Å². The number of hydrogen-bond donors (Lipinski definition) is 2. The number of sulfonamides is 1. The molecule has 0 spiro atoms. The number of carboxylic acids is 1. The molecular formula is C12H18N2O4S. The first-order chi connectivity index (χ1) is 8.81. The van der Waals surface area contributed by atoms with Gasteiger partial charge in [-0.3, -0.25) is 0 Å². The van der Waals surface area contributed by atoms with Crippen LogP contribution in [0.3, 0.4) is 0 Å². The number of anilines is 1. The predicted octanol–water partition coefficient (Wildman–Crippen LogP) is 1.27. The molecule has 19 heavy (non-hydrogen) atoms. The Labute approximate surface area is 112 Å². The molecule has 0 aliphatic heterocycles. The summed E-state index contributed by atoms with van der Waals surface area (Å²) in [7, 11) is -3.90. The van der Waals surface area contributed by atoms with Gasteiger partial charge in [0, 0.05) is 13.1 Å². The van der Waals surface area contributed by atoms with E-state index in [1.54, 1.807) is 0 Å². The second-order valence-corrected chi connectivity index (χ2v) is 5.67. The Morgan fingerprint density at radius 3 is 2.42 bits per heavy atom. The molecule has 0 fully saturated rings. The molecule has 0 atom stereocenters. The minimum atomic E-state index is -3.90. The van der Waals surface area contributed by atoms with Crippen molar-refractivity contribution in [3.05, 3.63) is 23.8 Å². The summed E-state index contributed by atoms with van der Waals surface area (Å²) in [4.78, 5) is 13.0. The highest BCUT2D eigenvalue weighted by atomic mass is 32.2. The SMILES string of the molecule is CCCN(CC)c1ccc(S(N)(=O)=O)cc1C(=O)O. The number of hydrogen-bond acceptors (Lipinski definition) is 4. The third-order valence-electron chi connectivity index (χ3n) is 2.74. The summed E-state index contributed by atoms with van der Waals surface area (Å²) in [5.41, 5.74) is 0.450. The zero-order valence-electron chi connectivity index (χ0n) is 11.0. The lowest BCUT2D eigenvalue weighted by molar-refractivity contribution is 0.0697. The van der Waals surface area contributed by atoms with Gasteiger partial charge < -0.3 is 10.0 Å². The van der Waals surface area contributed by atoms with Crippen molar-refractivity contribution >= 4 is 21.7 Å². The quantitative estimate of drug-likeness (QED) is 0.820. The molecule has 0 radical (unpaired) electrons. The molecule has 0 unspecified atom stereocenters. The van der Waals surface area contributed by atoms with Crippen molar-refractivity contribution in [1.82, 2.24) is 0 Å². The van der Waals surface area contributed by atoms with E-state index >= 15 is 0 Å². The third-order valence-corrected chi connectivity index (χ3v) is 3.65. The van der Waals surface area contributed by atoms with Crippen molar-refractivity contribution in [1.29, 1.82) is 0 Å². The predicted molar refractivity (Wildman–Crippen MR) is 73.0 cm³/mol. The zero-order valence-corrected chi connectivity index (χ0v) is 11.8. The van der Waals surface area contributed by atoms with Crippen molar-refractivity contribution in [2.45, 2.75) is 25.2 Å². The zero-order chi connectivity index (χ0) is 14.6. The largest absolute Gasteiger partial charge is 0.478 e. The van der Waals surface area contributed by atoms with Crippen LogP contribution in [0.25, 0.3) is 0 Å². The van der Waals surface area contributed by atoms with E-state index in [-0.39, 0.29) is 10.5 Å². The summed E-state index contributed by atoms with van der Waals surface area (Å²) in [6.45, 7) is 5.24. The molecule has 106 valence electrons. The smallest absolute Gasteiger partial charge is 0.337 e. The van der Waals surface area contributed by atoms with Crippen molar-refractivity contribution in [3.63, 3.8) is 0 Å². The van der Waals surface area contributed by atoms with E-state index in [9.17, 15) is 18.3 Å². The van der Waals surface area contributed by atoms with Gasteiger partial charge >= 0.3 is 5.97 Å². The third kappa shape index (κ3) is 3.68. The fourth-order valence-corrected chi connectivity index (χ4v) is 2.40. The second kappa shape index (κ2) is 6.03. The highest BCUT2D eigenvalue weighted by Crippen LogP contribution is 2.24. The number of primary sulfonamides is 1. The maximum absolute atomic E-state index is 11.3. The van der Waals surface area contributed by atoms with Crippen molar-refractivity contribution < 1.29 is 18.3 Å². The lowest BCUT2D eigenvalue weighted by Crippen LogP contribution is -2.26. The molecule has 0 heterocycles. The summed E-state index contributed by atoms with van der Waals surface area (Å²) < 4.78 is 22.5. The molecule has 7 heteroatoms. The molecule has 1 aromatic rings. The fraction of sp³-hybridized carbons (Fsp3) is 0.417. The molecule has 0 aliphatic rings. The van der Waals surface area contributed by atoms with Crippen molar-refractivity contribution in [2.75, 3.05) is 18.0 Å². The Morgan fingerprint density at radius 2 is 2.00 bits per heavy atom. The molecule has 1 aromatic carbocycles. The number of nitrogens with two attached hydrogens (primary N) is 1. The molecule has 0 saturated carbocycles. The molecule has 0 aromatic heterocycles. The van der Waals surface area contributed by atoms with E-state index < -0.39 is 16.0 Å². The number of carboxylic acid groups (broad SMARTS) is 1. The van der Waals surface area contributed by atoms with Gasteiger partial charge in [-0.1, -0.05) is 6.92 Å². The average molecular weight is 286 g/mol. The normalized spacial score (nSPS) is 11.3. The number of rotatable bonds is 6. The van der Waals surface area contributed by atoms with E-state index in [0.717, 1.165) is 12.5 Å². The van der Waals surface area contributed by atoms with Crippen molar-refractivity contribution in [2.24, 2.45) is 5.14 Å². The number of carbonyl (C=O) groups is 1. The maximum Gasteiger partial charge on any atom is 0.337 e. The summed E-state index contributed by atoms with van der Waals surface area (Å²) >= 11 is 0. The minimum Gasteiger partial charge on any atom is -0.478 e. The average Bonchev–Trinajstić information content (AvgIpc) is 2.34. The fourth-order valence-electron chi connectivity index (χ4n) is 1.86. The standard InChI is InChI=1S/C12H18N2O4S/c1-3-7-14(4-2)11-6-5-9(19(13,17)18)8-10(11)12(15)16/h5-6,8H,3-4,7H2,1-2H3,(H,15,16)(H2,13,17,18). The number of benzene rings is 1. The minimum absolute atomic E-state index is 0.0539. The molecule has 6 nitrogen and oxygen atoms in total. The van der Waals surface area contributed by atoms with Gasteiger partial charge in [0.15, 0.2) is 0 Å². The molecule has 0 bridgehead atoms. The Hall–Kier alpha value is -1.60. The van der Waals surface area contributed by atoms with Crippen LogP contribution < -0.4 is 10.0 Å². The Kier molecular flexibility index (Phi) is 4.90. The Morgan fingerprint density at radius 1 is 1.37 bits per heavy atom. The second-order valence-electron chi connectivity index (χ2n) is 4.11. The summed E-state index contributed by atoms with van der Waals surface area (Å²) in [5, 5.41) is 14.2. The van der Waals surface area contributed by atoms with E-state index in [2.05, 4.69) is 0 Å². The first-order valence-electron chi connectivity index (χ1n) is 5.96. The first-order valence-corrected chi connectivity index (χ1v) is 7.51. The molecular weight excluding hydrogens is 268 g/mol. The van der Waals surface area contributed by atoms with Gasteiger partial charge in [-0.25, -0.2) is 18.4 Å². The van der Waals surface area contributed by atoms with Crippen LogP contribution in [0.2, 0.25) is 0 Å². The molecule has 0 aliphatic carbocycles. The number of nitrogens with zero attached hydrogens (tertiary/aromatic N) is 1. The number of aromatic carboxylic acids is 1. The van der Waals surface area contributed by atoms with E-state index in [1.165, 1.54) is 12.1 Å². The molecule has 0 amide bonds. The molecule has 0 saturated heterocycles. The van der Waals surface area contributed by atoms with Gasteiger partial charge in [-0.05, 0) is 31.5 Å². The van der Waals surface area contributed by atoms with Gasteiger partial charge in [0.25, 0.3) is 0 Å². The monoisotopic (exact) mass is 286 g/mol.